The van der Waals surface area contributed by atoms with Crippen LogP contribution in [0.3, 0.4) is 0 Å². The summed E-state index contributed by atoms with van der Waals surface area (Å²) in [4.78, 5) is 181. The number of rotatable bonds is 50. The minimum absolute atomic E-state index is 0.00456. The topological polar surface area (TPSA) is 727 Å². The number of ketones is 2. The molecule has 48 nitrogen and oxygen atoms in total. The highest BCUT2D eigenvalue weighted by Crippen LogP contribution is 2.63. The van der Waals surface area contributed by atoms with Crippen LogP contribution >= 0.6 is 46.9 Å². The number of ether oxygens (including phenoxy) is 2. The first-order valence-corrected chi connectivity index (χ1v) is 45.8. The van der Waals surface area contributed by atoms with Crippen molar-refractivity contribution in [2.24, 2.45) is 21.7 Å². The Morgan fingerprint density at radius 1 is 0.534 bits per heavy atom. The third kappa shape index (κ3) is 28.1. The first-order chi connectivity index (χ1) is 54.8. The molecule has 8 rings (SSSR count). The van der Waals surface area contributed by atoms with E-state index in [1.54, 1.807) is 0 Å². The Hall–Kier alpha value is -6.36. The zero-order valence-corrected chi connectivity index (χ0v) is 70.1. The van der Waals surface area contributed by atoms with Crippen LogP contribution in [0.2, 0.25) is 0 Å². The monoisotopic (exact) mass is 1790 g/mol. The number of amides is 4. The van der Waals surface area contributed by atoms with Crippen LogP contribution in [-0.2, 0) is 114 Å². The van der Waals surface area contributed by atoms with Gasteiger partial charge in [0.2, 0.25) is 23.6 Å². The van der Waals surface area contributed by atoms with Crippen molar-refractivity contribution in [3.05, 3.63) is 60.7 Å². The van der Waals surface area contributed by atoms with Crippen LogP contribution in [0.15, 0.2) is 49.6 Å². The molecule has 2 saturated heterocycles. The van der Waals surface area contributed by atoms with Crippen molar-refractivity contribution in [1.82, 2.24) is 60.3 Å². The predicted octanol–water partition coefficient (Wildman–Crippen LogP) is 1.67. The van der Waals surface area contributed by atoms with Crippen LogP contribution < -0.4 is 32.7 Å². The second-order valence-electron chi connectivity index (χ2n) is 30.4. The smallest absolute Gasteiger partial charge is 0.386 e. The number of aromatic nitrogens is 8. The molecule has 660 valence electrons. The molecular formula is C64H100N14O34P6. The maximum atomic E-state index is 13.3. The molecule has 6 heterocycles. The maximum absolute atomic E-state index is 13.3. The Kier molecular flexibility index (Phi) is 33.2. The third-order valence-corrected chi connectivity index (χ3v) is 25.8. The average molecular weight is 1800 g/mol. The van der Waals surface area contributed by atoms with Crippen molar-refractivity contribution in [1.29, 1.82) is 0 Å². The largest absolute Gasteiger partial charge is 0.481 e. The van der Waals surface area contributed by atoms with Crippen LogP contribution in [0.25, 0.3) is 22.3 Å². The molecular weight excluding hydrogens is 1690 g/mol. The number of aliphatic hydroxyl groups excluding tert-OH is 4. The minimum atomic E-state index is -5.64. The zero-order valence-electron chi connectivity index (χ0n) is 64.7. The van der Waals surface area contributed by atoms with E-state index in [-0.39, 0.29) is 97.4 Å². The van der Waals surface area contributed by atoms with Crippen molar-refractivity contribution in [2.75, 3.05) is 64.1 Å². The molecule has 54 heteroatoms. The molecule has 14 atom stereocenters. The standard InChI is InChI=1S/C64H100N14O34P6/c1-61(2,41(79)17-25-67-43(81)19-27-69-57(87)51(85)62(3,4)31-105-117(99,100)111-115(95,96)103-29-39-49(109-113(89,90)91)47(83)59(107-39)77-35-75-45-53(65)71-33-73-55(45)77)21-9-7-11-37-13-15-38(16-14-37)12-8-10-22-64(23-24-64)42(80)18-26-68-44(82)20-28-70-58(88)52(86)63(5,6)32-106-118(101,102)112-116(97,98)104-30-40-50(110-114(92,93)94)48(84)60(108-40)78-36-76-46-54(66)72-34-74-56(46)78/h13-16,33-36,39-40,47-52,59-60,83-86H,7-12,17-32H2,1-6H3,(H,67,81)(H,68,82)(H,69,87)(H,70,88)(H,95,96)(H,97,98)(H,99,100)(H,101,102)(H2,65,71,73)(H2,66,72,74)(H2,89,90,91)(H2,92,93,94). The van der Waals surface area contributed by atoms with Crippen LogP contribution in [0, 0.1) is 21.7 Å². The lowest BCUT2D eigenvalue weighted by Crippen LogP contribution is -2.46. The number of anilines is 2. The van der Waals surface area contributed by atoms with Gasteiger partial charge in [-0.25, -0.2) is 57.3 Å². The van der Waals surface area contributed by atoms with Crippen LogP contribution in [-0.4, -0.2) is 235 Å². The number of phosphoric acid groups is 6. The second-order valence-corrected chi connectivity index (χ2v) is 38.9. The molecule has 3 fully saturated rings. The number of nitrogens with zero attached hydrogens (tertiary/aromatic N) is 8. The number of nitrogen functional groups attached to an aromatic ring is 2. The van der Waals surface area contributed by atoms with E-state index in [1.807, 2.05) is 13.8 Å². The summed E-state index contributed by atoms with van der Waals surface area (Å²) in [5.41, 5.74) is 9.47. The van der Waals surface area contributed by atoms with Gasteiger partial charge in [-0.2, -0.15) is 8.62 Å². The highest BCUT2D eigenvalue weighted by atomic mass is 31.3. The van der Waals surface area contributed by atoms with Gasteiger partial charge in [-0.3, -0.25) is 65.0 Å². The van der Waals surface area contributed by atoms with E-state index in [4.69, 9.17) is 39.0 Å². The van der Waals surface area contributed by atoms with Crippen LogP contribution in [0.5, 0.6) is 0 Å². The summed E-state index contributed by atoms with van der Waals surface area (Å²) < 4.78 is 126. The summed E-state index contributed by atoms with van der Waals surface area (Å²) in [5.74, 6) is -3.25. The summed E-state index contributed by atoms with van der Waals surface area (Å²) in [7, 11) is -33.2. The Labute approximate surface area is 673 Å². The molecule has 4 amide bonds. The van der Waals surface area contributed by atoms with Crippen molar-refractivity contribution < 1.29 is 161 Å². The first-order valence-electron chi connectivity index (χ1n) is 36.7. The number of aryl methyl sites for hydroxylation is 2. The van der Waals surface area contributed by atoms with E-state index in [0.29, 0.717) is 12.8 Å². The molecule has 0 bridgehead atoms. The number of hydrogen-bond acceptors (Lipinski definition) is 34. The number of unbranched alkanes of at least 4 members (excludes halogenated alkanes) is 2. The number of phosphoric ester groups is 6. The molecule has 1 aromatic carbocycles. The Morgan fingerprint density at radius 3 is 1.31 bits per heavy atom. The molecule has 1 aliphatic carbocycles. The summed E-state index contributed by atoms with van der Waals surface area (Å²) in [6.45, 7) is 3.89. The molecule has 14 unspecified atom stereocenters. The van der Waals surface area contributed by atoms with E-state index < -0.39 is 180 Å². The van der Waals surface area contributed by atoms with E-state index in [1.165, 1.54) is 27.7 Å². The highest BCUT2D eigenvalue weighted by Gasteiger charge is 2.53. The number of aliphatic hydroxyl groups is 4. The van der Waals surface area contributed by atoms with Crippen LogP contribution in [0.4, 0.5) is 11.6 Å². The molecule has 3 aliphatic rings. The van der Waals surface area contributed by atoms with E-state index in [0.717, 1.165) is 96.9 Å². The number of imidazole rings is 2. The molecule has 4 aromatic heterocycles. The molecule has 1 saturated carbocycles. The maximum Gasteiger partial charge on any atom is 0.481 e. The predicted molar refractivity (Wildman–Crippen MR) is 406 cm³/mol. The zero-order chi connectivity index (χ0) is 87.4. The van der Waals surface area contributed by atoms with Gasteiger partial charge in [0.25, 0.3) is 0 Å². The highest BCUT2D eigenvalue weighted by molar-refractivity contribution is 7.61. The summed E-state index contributed by atoms with van der Waals surface area (Å²) in [6.07, 6.45) is -6.84. The first kappa shape index (κ1) is 97.1. The fourth-order valence-corrected chi connectivity index (χ4v) is 18.3. The van der Waals surface area contributed by atoms with Gasteiger partial charge in [0.05, 0.1) is 39.1 Å². The van der Waals surface area contributed by atoms with Gasteiger partial charge in [0.15, 0.2) is 35.4 Å². The normalized spacial score (nSPS) is 22.4. The Balaban J connectivity index is 0.632. The quantitative estimate of drug-likeness (QED) is 0.0194. The molecule has 0 spiro atoms. The molecule has 20 N–H and O–H groups in total. The number of nitrogens with two attached hydrogens (primary N) is 2. The molecule has 0 radical (unpaired) electrons. The number of nitrogens with one attached hydrogen (secondary N) is 4. The van der Waals surface area contributed by atoms with Gasteiger partial charge in [-0.1, -0.05) is 78.6 Å². The number of fused-ring (bicyclic) bond motifs is 2. The lowest BCUT2D eigenvalue weighted by molar-refractivity contribution is -0.137. The Bertz CT molecular complexity index is 4390. The Morgan fingerprint density at radius 2 is 0.915 bits per heavy atom. The fraction of sp³-hybridized carbons (Fsp3) is 0.656. The van der Waals surface area contributed by atoms with E-state index >= 15 is 0 Å². The third-order valence-electron chi connectivity index (χ3n) is 19.6. The van der Waals surface area contributed by atoms with Gasteiger partial charge >= 0.3 is 46.9 Å². The van der Waals surface area contributed by atoms with Gasteiger partial charge in [-0.15, -0.1) is 0 Å². The van der Waals surface area contributed by atoms with E-state index in [2.05, 4.69) is 93.1 Å². The number of carbonyl (C=O) groups excluding carboxylic acids is 6. The van der Waals surface area contributed by atoms with Gasteiger partial charge < -0.3 is 102 Å². The van der Waals surface area contributed by atoms with Crippen LogP contribution in [0.1, 0.15) is 142 Å². The molecule has 118 heavy (non-hydrogen) atoms. The number of Topliss-reactive ketones (excluding diaryl/α,β-unsaturated/α-hetero) is 2. The van der Waals surface area contributed by atoms with Crippen molar-refractivity contribution in [3.8, 4) is 0 Å². The van der Waals surface area contributed by atoms with Gasteiger partial charge in [0.1, 0.15) is 84.1 Å². The SMILES string of the molecule is CC(C)(CCCCc1ccc(CCCCC2(C(=O)CCNC(=O)CCNC(=O)C(O)C(C)(C)COP(=O)(O)OP(=O)(O)OCC3OC(n4cnc5c(N)ncnc54)C(O)C3OP(=O)(O)O)CC2)cc1)C(=O)CCNC(=O)CCNC(=O)C(O)C(C)(C)COP(=O)(O)OP(=O)(O)OCC1OC(n2cnc3c(N)ncnc32)C(O)C1OP(=O)(O)O. The average Bonchev–Trinajstić information content (AvgIpc) is 1.62. The number of benzene rings is 1. The second kappa shape index (κ2) is 40.3. The van der Waals surface area contributed by atoms with Crippen molar-refractivity contribution >= 4 is 116 Å². The van der Waals surface area contributed by atoms with Crippen molar-refractivity contribution in [2.45, 2.75) is 193 Å². The summed E-state index contributed by atoms with van der Waals surface area (Å²) >= 11 is 0. The number of hydrogen-bond donors (Lipinski definition) is 18. The lowest BCUT2D eigenvalue weighted by atomic mass is 9.81. The lowest BCUT2D eigenvalue weighted by Gasteiger charge is -2.30. The van der Waals surface area contributed by atoms with Crippen molar-refractivity contribution in [3.63, 3.8) is 0 Å². The molecule has 5 aromatic rings. The summed E-state index contributed by atoms with van der Waals surface area (Å²) in [5, 5.41) is 53.6. The number of carbonyl (C=O) groups is 6. The fourth-order valence-electron chi connectivity index (χ4n) is 12.6. The summed E-state index contributed by atoms with van der Waals surface area (Å²) in [6, 6.07) is 8.26. The molecule has 2 aliphatic heterocycles. The van der Waals surface area contributed by atoms with Gasteiger partial charge in [-0.05, 0) is 62.5 Å². The van der Waals surface area contributed by atoms with E-state index in [9.17, 15) is 116 Å². The minimum Gasteiger partial charge on any atom is -0.386 e. The van der Waals surface area contributed by atoms with Gasteiger partial charge in [0, 0.05) is 73.5 Å².